The molecule has 2 unspecified atom stereocenters. The van der Waals surface area contributed by atoms with E-state index in [9.17, 15) is 14.4 Å². The lowest BCUT2D eigenvalue weighted by atomic mass is 9.93. The fourth-order valence-electron chi connectivity index (χ4n) is 5.84. The summed E-state index contributed by atoms with van der Waals surface area (Å²) in [5.74, 6) is 1.64. The number of rotatable bonds is 9. The van der Waals surface area contributed by atoms with Crippen LogP contribution < -0.4 is 24.3 Å². The molecule has 0 aromatic heterocycles. The molecule has 0 aliphatic carbocycles. The van der Waals surface area contributed by atoms with E-state index in [1.165, 1.54) is 7.11 Å². The van der Waals surface area contributed by atoms with E-state index in [1.807, 2.05) is 18.7 Å². The van der Waals surface area contributed by atoms with Crippen molar-refractivity contribution in [3.05, 3.63) is 58.8 Å². The standard InChI is InChI=1S/C31H38N4O8/c1-6-34-23(17-33-12-13-35(19(3)16-33)29(36)20-8-10-25-26(14-20)43-18-42-25)27(30(37)41-7-2)28(32-31(34)38)22-15-21(39-4)9-11-24(22)40-5/h8-11,14-15,19,28H,6-7,12-13,16-18H2,1-5H3,(H,32,38). The molecule has 0 radical (unpaired) electrons. The Kier molecular flexibility index (Phi) is 8.95. The number of likely N-dealkylation sites (N-methyl/N-ethyl adjacent to an activating group) is 1. The topological polar surface area (TPSA) is 119 Å². The van der Waals surface area contributed by atoms with Crippen molar-refractivity contribution in [2.24, 2.45) is 0 Å². The molecule has 2 aromatic rings. The average Bonchev–Trinajstić information content (AvgIpc) is 3.48. The molecule has 2 atom stereocenters. The molecule has 0 spiro atoms. The zero-order chi connectivity index (χ0) is 30.7. The van der Waals surface area contributed by atoms with Crippen LogP contribution in [0.3, 0.4) is 0 Å². The van der Waals surface area contributed by atoms with Gasteiger partial charge in [-0.15, -0.1) is 0 Å². The SMILES string of the molecule is CCOC(=O)C1=C(CN2CCN(C(=O)c3ccc4c(c3)OCO4)C(C)C2)N(CC)C(=O)NC1c1cc(OC)ccc1OC. The molecule has 12 nitrogen and oxygen atoms in total. The van der Waals surface area contributed by atoms with Gasteiger partial charge in [0.25, 0.3) is 5.91 Å². The lowest BCUT2D eigenvalue weighted by Gasteiger charge is -2.43. The molecular weight excluding hydrogens is 556 g/mol. The molecule has 1 saturated heterocycles. The highest BCUT2D eigenvalue weighted by molar-refractivity contribution is 5.96. The first-order valence-electron chi connectivity index (χ1n) is 14.4. The van der Waals surface area contributed by atoms with Crippen LogP contribution in [0.25, 0.3) is 0 Å². The summed E-state index contributed by atoms with van der Waals surface area (Å²) in [6, 6.07) is 9.20. The van der Waals surface area contributed by atoms with Gasteiger partial charge < -0.3 is 33.9 Å². The van der Waals surface area contributed by atoms with E-state index in [-0.39, 0.29) is 31.4 Å². The van der Waals surface area contributed by atoms with Crippen LogP contribution in [-0.2, 0) is 9.53 Å². The van der Waals surface area contributed by atoms with Crippen molar-refractivity contribution in [2.75, 3.05) is 60.3 Å². The first-order chi connectivity index (χ1) is 20.8. The molecule has 3 aliphatic heterocycles. The van der Waals surface area contributed by atoms with Gasteiger partial charge in [-0.2, -0.15) is 0 Å². The minimum absolute atomic E-state index is 0.0886. The summed E-state index contributed by atoms with van der Waals surface area (Å²) in [7, 11) is 3.09. The van der Waals surface area contributed by atoms with Crippen molar-refractivity contribution >= 4 is 17.9 Å². The Hall–Kier alpha value is -4.45. The third kappa shape index (κ3) is 5.92. The number of amides is 3. The lowest BCUT2D eigenvalue weighted by molar-refractivity contribution is -0.139. The van der Waals surface area contributed by atoms with Gasteiger partial charge in [0.2, 0.25) is 6.79 Å². The van der Waals surface area contributed by atoms with Crippen LogP contribution in [0, 0.1) is 0 Å². The largest absolute Gasteiger partial charge is 0.497 e. The summed E-state index contributed by atoms with van der Waals surface area (Å²) in [6.07, 6.45) is 0. The fraction of sp³-hybridized carbons (Fsp3) is 0.452. The monoisotopic (exact) mass is 594 g/mol. The smallest absolute Gasteiger partial charge is 0.338 e. The normalized spacial score (nSPS) is 20.2. The molecule has 12 heteroatoms. The number of ether oxygens (including phenoxy) is 5. The summed E-state index contributed by atoms with van der Waals surface area (Å²) in [6.45, 7) is 8.15. The number of hydrogen-bond acceptors (Lipinski definition) is 9. The number of esters is 1. The number of piperazine rings is 1. The predicted molar refractivity (Wildman–Crippen MR) is 156 cm³/mol. The second kappa shape index (κ2) is 12.8. The zero-order valence-electron chi connectivity index (χ0n) is 25.2. The van der Waals surface area contributed by atoms with Crippen molar-refractivity contribution in [1.29, 1.82) is 0 Å². The van der Waals surface area contributed by atoms with Crippen molar-refractivity contribution in [1.82, 2.24) is 20.0 Å². The number of hydrogen-bond donors (Lipinski definition) is 1. The number of urea groups is 1. The van der Waals surface area contributed by atoms with Gasteiger partial charge in [-0.25, -0.2) is 9.59 Å². The highest BCUT2D eigenvalue weighted by atomic mass is 16.7. The highest BCUT2D eigenvalue weighted by Gasteiger charge is 2.40. The van der Waals surface area contributed by atoms with Gasteiger partial charge in [0.15, 0.2) is 11.5 Å². The van der Waals surface area contributed by atoms with Crippen molar-refractivity contribution < 1.29 is 38.1 Å². The predicted octanol–water partition coefficient (Wildman–Crippen LogP) is 3.18. The van der Waals surface area contributed by atoms with E-state index in [0.29, 0.717) is 78.1 Å². The van der Waals surface area contributed by atoms with Crippen molar-refractivity contribution in [3.63, 3.8) is 0 Å². The first-order valence-corrected chi connectivity index (χ1v) is 14.4. The maximum absolute atomic E-state index is 13.6. The quantitative estimate of drug-likeness (QED) is 0.437. The molecule has 3 heterocycles. The van der Waals surface area contributed by atoms with Crippen LogP contribution in [-0.4, -0.2) is 99.0 Å². The summed E-state index contributed by atoms with van der Waals surface area (Å²) >= 11 is 0. The van der Waals surface area contributed by atoms with Crippen LogP contribution in [0.15, 0.2) is 47.7 Å². The van der Waals surface area contributed by atoms with Gasteiger partial charge in [-0.3, -0.25) is 14.6 Å². The highest BCUT2D eigenvalue weighted by Crippen LogP contribution is 2.38. The molecule has 5 rings (SSSR count). The second-order valence-electron chi connectivity index (χ2n) is 10.5. The van der Waals surface area contributed by atoms with Crippen LogP contribution >= 0.6 is 0 Å². The second-order valence-corrected chi connectivity index (χ2v) is 10.5. The van der Waals surface area contributed by atoms with E-state index in [4.69, 9.17) is 23.7 Å². The fourth-order valence-corrected chi connectivity index (χ4v) is 5.84. The molecule has 2 aromatic carbocycles. The van der Waals surface area contributed by atoms with E-state index < -0.39 is 12.0 Å². The zero-order valence-corrected chi connectivity index (χ0v) is 25.2. The average molecular weight is 595 g/mol. The Morgan fingerprint density at radius 1 is 1.02 bits per heavy atom. The third-order valence-corrected chi connectivity index (χ3v) is 7.96. The molecule has 230 valence electrons. The van der Waals surface area contributed by atoms with E-state index in [2.05, 4.69) is 10.2 Å². The molecule has 0 bridgehead atoms. The molecule has 43 heavy (non-hydrogen) atoms. The summed E-state index contributed by atoms with van der Waals surface area (Å²) in [5.41, 5.74) is 2.01. The molecule has 3 aliphatic rings. The first kappa shape index (κ1) is 30.0. The van der Waals surface area contributed by atoms with Crippen LogP contribution in [0.4, 0.5) is 4.79 Å². The maximum atomic E-state index is 13.6. The van der Waals surface area contributed by atoms with Gasteiger partial charge in [0.05, 0.1) is 32.4 Å². The molecular formula is C31H38N4O8. The number of methoxy groups -OCH3 is 2. The van der Waals surface area contributed by atoms with Crippen LogP contribution in [0.2, 0.25) is 0 Å². The number of nitrogens with one attached hydrogen (secondary N) is 1. The molecule has 3 amide bonds. The van der Waals surface area contributed by atoms with Gasteiger partial charge in [-0.1, -0.05) is 0 Å². The number of carbonyl (C=O) groups is 3. The molecule has 1 N–H and O–H groups in total. The van der Waals surface area contributed by atoms with Gasteiger partial charge in [-0.05, 0) is 57.2 Å². The molecule has 0 saturated carbocycles. The van der Waals surface area contributed by atoms with Gasteiger partial charge >= 0.3 is 12.0 Å². The van der Waals surface area contributed by atoms with Crippen LogP contribution in [0.5, 0.6) is 23.0 Å². The van der Waals surface area contributed by atoms with E-state index in [0.717, 1.165) is 0 Å². The Balaban J connectivity index is 1.44. The Bertz CT molecular complexity index is 1430. The van der Waals surface area contributed by atoms with Crippen molar-refractivity contribution in [3.8, 4) is 23.0 Å². The van der Waals surface area contributed by atoms with Crippen LogP contribution in [0.1, 0.15) is 42.7 Å². The summed E-state index contributed by atoms with van der Waals surface area (Å²) in [4.78, 5) is 46.0. The third-order valence-electron chi connectivity index (χ3n) is 7.96. The molecule has 1 fully saturated rings. The number of fused-ring (bicyclic) bond motifs is 1. The van der Waals surface area contributed by atoms with Gasteiger partial charge in [0.1, 0.15) is 11.5 Å². The summed E-state index contributed by atoms with van der Waals surface area (Å²) < 4.78 is 27.4. The Morgan fingerprint density at radius 2 is 1.81 bits per heavy atom. The number of nitrogens with zero attached hydrogens (tertiary/aromatic N) is 3. The number of carbonyl (C=O) groups excluding carboxylic acids is 3. The minimum Gasteiger partial charge on any atom is -0.497 e. The Morgan fingerprint density at radius 3 is 2.51 bits per heavy atom. The number of benzene rings is 2. The van der Waals surface area contributed by atoms with Gasteiger partial charge in [0, 0.05) is 55.6 Å². The van der Waals surface area contributed by atoms with Crippen molar-refractivity contribution in [2.45, 2.75) is 32.9 Å². The lowest BCUT2D eigenvalue weighted by Crippen LogP contribution is -2.56. The van der Waals surface area contributed by atoms with E-state index in [1.54, 1.807) is 55.3 Å². The summed E-state index contributed by atoms with van der Waals surface area (Å²) in [5, 5.41) is 2.99. The minimum atomic E-state index is -0.819. The Labute approximate surface area is 251 Å². The van der Waals surface area contributed by atoms with E-state index >= 15 is 0 Å². The maximum Gasteiger partial charge on any atom is 0.338 e.